The van der Waals surface area contributed by atoms with Crippen LogP contribution in [0.4, 0.5) is 0 Å². The summed E-state index contributed by atoms with van der Waals surface area (Å²) in [4.78, 5) is 29.4. The topological polar surface area (TPSA) is 141 Å². The molecule has 0 spiro atoms. The Morgan fingerprint density at radius 1 is 1.22 bits per heavy atom. The van der Waals surface area contributed by atoms with Gasteiger partial charge >= 0.3 is 19.2 Å². The van der Waals surface area contributed by atoms with E-state index in [0.29, 0.717) is 6.32 Å². The molecular weight excluding hydrogens is 303 g/mol. The Bertz CT molecular complexity index is 355. The summed E-state index contributed by atoms with van der Waals surface area (Å²) >= 11 is 0. The summed E-state index contributed by atoms with van der Waals surface area (Å²) in [6.45, 7) is 2.62. The highest BCUT2D eigenvalue weighted by Crippen LogP contribution is 2.17. The lowest BCUT2D eigenvalue weighted by atomic mass is 9.83. The normalized spacial score (nSPS) is 16.8. The summed E-state index contributed by atoms with van der Waals surface area (Å²) in [7, 11) is -1.21. The van der Waals surface area contributed by atoms with Crippen molar-refractivity contribution in [2.24, 2.45) is 11.7 Å². The van der Waals surface area contributed by atoms with Crippen LogP contribution in [0.3, 0.4) is 0 Å². The molecule has 0 aromatic carbocycles. The van der Waals surface area contributed by atoms with Crippen LogP contribution in [-0.4, -0.2) is 65.0 Å². The molecule has 1 unspecified atom stereocenters. The molecule has 132 valence electrons. The van der Waals surface area contributed by atoms with Gasteiger partial charge in [-0.25, -0.2) is 0 Å². The first kappa shape index (κ1) is 21.8. The van der Waals surface area contributed by atoms with Crippen LogP contribution in [0.15, 0.2) is 0 Å². The van der Waals surface area contributed by atoms with Gasteiger partial charge in [-0.15, -0.1) is 0 Å². The third kappa shape index (κ3) is 11.9. The van der Waals surface area contributed by atoms with Crippen LogP contribution in [0.2, 0.25) is 6.32 Å². The fourth-order valence-electron chi connectivity index (χ4n) is 2.63. The molecule has 0 aromatic heterocycles. The van der Waals surface area contributed by atoms with E-state index in [1.807, 2.05) is 0 Å². The molecular formula is C14H27BN2O6. The van der Waals surface area contributed by atoms with Crippen LogP contribution in [0.5, 0.6) is 0 Å². The number of unbranched alkanes of at least 4 members (excludes halogenated alkanes) is 1. The van der Waals surface area contributed by atoms with Gasteiger partial charge in [0.15, 0.2) is 0 Å². The van der Waals surface area contributed by atoms with Gasteiger partial charge in [-0.1, -0.05) is 12.8 Å². The minimum atomic E-state index is -1.21. The van der Waals surface area contributed by atoms with Crippen LogP contribution < -0.4 is 5.73 Å². The van der Waals surface area contributed by atoms with Crippen molar-refractivity contribution >= 4 is 19.2 Å². The fourth-order valence-corrected chi connectivity index (χ4v) is 2.63. The van der Waals surface area contributed by atoms with Gasteiger partial charge in [0.05, 0.1) is 5.92 Å². The zero-order valence-corrected chi connectivity index (χ0v) is 13.4. The van der Waals surface area contributed by atoms with Crippen molar-refractivity contribution in [2.45, 2.75) is 50.9 Å². The first-order chi connectivity index (χ1) is 10.9. The number of rotatable bonds is 9. The number of likely N-dealkylation sites (tertiary alicyclic amines) is 1. The highest BCUT2D eigenvalue weighted by molar-refractivity contribution is 6.40. The van der Waals surface area contributed by atoms with Crippen molar-refractivity contribution in [3.8, 4) is 0 Å². The lowest BCUT2D eigenvalue weighted by Gasteiger charge is -2.30. The van der Waals surface area contributed by atoms with Crippen LogP contribution in [0, 0.1) is 5.92 Å². The number of aliphatic carboxylic acids is 1. The molecule has 1 heterocycles. The first-order valence-electron chi connectivity index (χ1n) is 7.96. The minimum absolute atomic E-state index is 0.142. The molecule has 0 aliphatic carbocycles. The molecule has 0 amide bonds. The van der Waals surface area contributed by atoms with Gasteiger partial charge in [-0.2, -0.15) is 9.59 Å². The third-order valence-electron chi connectivity index (χ3n) is 4.04. The average molecular weight is 330 g/mol. The van der Waals surface area contributed by atoms with E-state index in [9.17, 15) is 4.79 Å². The van der Waals surface area contributed by atoms with E-state index in [1.165, 1.54) is 0 Å². The number of hydrogen-bond acceptors (Lipinski definition) is 7. The van der Waals surface area contributed by atoms with E-state index < -0.39 is 13.1 Å². The number of carbonyl (C=O) groups is 1. The predicted octanol–water partition coefficient (Wildman–Crippen LogP) is -0.440. The molecule has 9 heteroatoms. The molecule has 1 atom stereocenters. The third-order valence-corrected chi connectivity index (χ3v) is 4.04. The quantitative estimate of drug-likeness (QED) is 0.329. The zero-order chi connectivity index (χ0) is 17.7. The summed E-state index contributed by atoms with van der Waals surface area (Å²) in [6.07, 6.45) is 5.65. The van der Waals surface area contributed by atoms with Gasteiger partial charge in [-0.05, 0) is 51.6 Å². The summed E-state index contributed by atoms with van der Waals surface area (Å²) in [6, 6.07) is 0.142. The molecule has 1 fully saturated rings. The Morgan fingerprint density at radius 3 is 2.26 bits per heavy atom. The molecule has 0 bridgehead atoms. The van der Waals surface area contributed by atoms with Gasteiger partial charge in [0.1, 0.15) is 0 Å². The van der Waals surface area contributed by atoms with E-state index in [4.69, 9.17) is 30.5 Å². The Morgan fingerprint density at radius 2 is 1.78 bits per heavy atom. The second-order valence-electron chi connectivity index (χ2n) is 5.85. The molecule has 1 rings (SSSR count). The Labute approximate surface area is 136 Å². The van der Waals surface area contributed by atoms with E-state index in [1.54, 1.807) is 0 Å². The highest BCUT2D eigenvalue weighted by Gasteiger charge is 2.24. The fraction of sp³-hybridized carbons (Fsp3) is 0.857. The van der Waals surface area contributed by atoms with Gasteiger partial charge in [0, 0.05) is 6.04 Å². The molecule has 1 aliphatic rings. The molecule has 23 heavy (non-hydrogen) atoms. The predicted molar refractivity (Wildman–Crippen MR) is 83.2 cm³/mol. The number of nitrogens with two attached hydrogens (primary N) is 1. The van der Waals surface area contributed by atoms with Crippen molar-refractivity contribution in [3.05, 3.63) is 0 Å². The maximum absolute atomic E-state index is 10.8. The zero-order valence-electron chi connectivity index (χ0n) is 13.4. The van der Waals surface area contributed by atoms with E-state index in [2.05, 4.69) is 4.90 Å². The van der Waals surface area contributed by atoms with Crippen LogP contribution in [-0.2, 0) is 14.4 Å². The summed E-state index contributed by atoms with van der Waals surface area (Å²) in [5, 5.41) is 26.4. The van der Waals surface area contributed by atoms with E-state index >= 15 is 0 Å². The molecule has 1 aliphatic heterocycles. The van der Waals surface area contributed by atoms with Crippen molar-refractivity contribution in [2.75, 3.05) is 19.6 Å². The Balaban J connectivity index is 0.00000149. The lowest BCUT2D eigenvalue weighted by molar-refractivity contribution is -0.191. The molecule has 0 aromatic rings. The number of hydrogen-bond donors (Lipinski definition) is 4. The molecule has 5 N–H and O–H groups in total. The average Bonchev–Trinajstić information content (AvgIpc) is 2.50. The highest BCUT2D eigenvalue weighted by atomic mass is 16.4. The summed E-state index contributed by atoms with van der Waals surface area (Å²) < 4.78 is 0. The van der Waals surface area contributed by atoms with Gasteiger partial charge in [-0.3, -0.25) is 4.79 Å². The molecule has 1 saturated heterocycles. The van der Waals surface area contributed by atoms with Crippen molar-refractivity contribution in [1.82, 2.24) is 4.90 Å². The number of nitrogens with zero attached hydrogens (tertiary/aromatic N) is 1. The van der Waals surface area contributed by atoms with Gasteiger partial charge in [0.25, 0.3) is 0 Å². The number of carboxylic acids is 1. The maximum Gasteiger partial charge on any atom is 0.451 e. The van der Waals surface area contributed by atoms with E-state index in [0.717, 1.165) is 58.2 Å². The second kappa shape index (κ2) is 13.2. The second-order valence-corrected chi connectivity index (χ2v) is 5.85. The SMILES string of the molecule is NC(CCCCB(O)O)CCN1CCC(C(=O)O)CC1.O=C=O. The summed E-state index contributed by atoms with van der Waals surface area (Å²) in [5.41, 5.74) is 6.04. The number of carbonyl (C=O) groups excluding carboxylic acids is 2. The van der Waals surface area contributed by atoms with Crippen LogP contribution >= 0.6 is 0 Å². The molecule has 8 nitrogen and oxygen atoms in total. The lowest BCUT2D eigenvalue weighted by Crippen LogP contribution is -2.38. The smallest absolute Gasteiger partial charge is 0.451 e. The monoisotopic (exact) mass is 330 g/mol. The maximum atomic E-state index is 10.8. The van der Waals surface area contributed by atoms with Gasteiger partial charge < -0.3 is 25.8 Å². The number of carboxylic acid groups (broad SMARTS) is 1. The standard InChI is InChI=1S/C13H27BN2O4.CO2/c15-12(3-1-2-7-14(19)20)6-10-16-8-4-11(5-9-16)13(17)18;2-1-3/h11-12,19-20H,1-10,15H2,(H,17,18);. The molecule has 0 radical (unpaired) electrons. The van der Waals surface area contributed by atoms with E-state index in [-0.39, 0.29) is 18.1 Å². The number of piperidine rings is 1. The van der Waals surface area contributed by atoms with Crippen LogP contribution in [0.1, 0.15) is 38.5 Å². The van der Waals surface area contributed by atoms with Crippen LogP contribution in [0.25, 0.3) is 0 Å². The summed E-state index contributed by atoms with van der Waals surface area (Å²) in [5.74, 6) is -0.850. The van der Waals surface area contributed by atoms with Gasteiger partial charge in [0.2, 0.25) is 0 Å². The van der Waals surface area contributed by atoms with Crippen molar-refractivity contribution < 1.29 is 29.5 Å². The van der Waals surface area contributed by atoms with Crippen molar-refractivity contribution in [3.63, 3.8) is 0 Å². The Hall–Kier alpha value is -1.25. The Kier molecular flexibility index (Phi) is 12.5. The van der Waals surface area contributed by atoms with Crippen molar-refractivity contribution in [1.29, 1.82) is 0 Å². The minimum Gasteiger partial charge on any atom is -0.481 e. The molecule has 0 saturated carbocycles. The first-order valence-corrected chi connectivity index (χ1v) is 7.96. The largest absolute Gasteiger partial charge is 0.481 e.